The van der Waals surface area contributed by atoms with Crippen molar-refractivity contribution >= 4 is 48.2 Å². The normalized spacial score (nSPS) is 14.0. The van der Waals surface area contributed by atoms with Gasteiger partial charge in [0.15, 0.2) is 5.96 Å². The highest BCUT2D eigenvalue weighted by Gasteiger charge is 2.30. The lowest BCUT2D eigenvalue weighted by Gasteiger charge is -2.24. The fourth-order valence-corrected chi connectivity index (χ4v) is 3.03. The lowest BCUT2D eigenvalue weighted by Crippen LogP contribution is -2.58. The predicted octanol–water partition coefficient (Wildman–Crippen LogP) is -3.95. The van der Waals surface area contributed by atoms with Crippen molar-refractivity contribution in [1.82, 2.24) is 21.3 Å². The Bertz CT molecular complexity index is 754. The Balaban J connectivity index is 5.42. The van der Waals surface area contributed by atoms with Crippen molar-refractivity contribution in [2.24, 2.45) is 22.9 Å². The molecule has 4 amide bonds. The van der Waals surface area contributed by atoms with Gasteiger partial charge in [-0.25, -0.2) is 4.79 Å². The second kappa shape index (κ2) is 17.3. The molecule has 14 N–H and O–H groups in total. The number of rotatable bonds is 18. The van der Waals surface area contributed by atoms with E-state index in [9.17, 15) is 29.1 Å². The number of aliphatic carboxylic acids is 1. The van der Waals surface area contributed by atoms with Crippen molar-refractivity contribution in [2.45, 2.75) is 62.7 Å². The van der Waals surface area contributed by atoms with Crippen LogP contribution in [0.1, 0.15) is 38.5 Å². The van der Waals surface area contributed by atoms with Crippen LogP contribution < -0.4 is 44.2 Å². The van der Waals surface area contributed by atoms with Crippen molar-refractivity contribution in [3.63, 3.8) is 0 Å². The molecular formula is C19H37N9O6S. The summed E-state index contributed by atoms with van der Waals surface area (Å²) in [6.45, 7) is 0.569. The van der Waals surface area contributed by atoms with E-state index in [0.29, 0.717) is 25.8 Å². The van der Waals surface area contributed by atoms with E-state index in [-0.39, 0.29) is 31.1 Å². The number of primary amides is 1. The molecule has 0 aromatic rings. The van der Waals surface area contributed by atoms with Crippen molar-refractivity contribution < 1.29 is 29.1 Å². The van der Waals surface area contributed by atoms with Crippen LogP contribution in [0.3, 0.4) is 0 Å². The minimum absolute atomic E-state index is 0.0145. The van der Waals surface area contributed by atoms with Gasteiger partial charge in [0.05, 0.1) is 12.5 Å². The number of guanidine groups is 1. The monoisotopic (exact) mass is 519 g/mol. The second-order valence-electron chi connectivity index (χ2n) is 7.75. The van der Waals surface area contributed by atoms with Gasteiger partial charge in [0.25, 0.3) is 0 Å². The largest absolute Gasteiger partial charge is 0.480 e. The molecule has 200 valence electrons. The molecule has 15 nitrogen and oxygen atoms in total. The molecule has 0 saturated carbocycles. The van der Waals surface area contributed by atoms with E-state index < -0.39 is 60.2 Å². The molecule has 4 atom stereocenters. The zero-order chi connectivity index (χ0) is 27.0. The summed E-state index contributed by atoms with van der Waals surface area (Å²) in [6, 6.07) is -4.88. The molecule has 0 heterocycles. The lowest BCUT2D eigenvalue weighted by atomic mass is 10.1. The standard InChI is InChI=1S/C19H37N9O6S/c20-6-2-1-4-11(16(31)27-12(18(33)34)5-3-7-25-19(23)24)26-17(32)13(8-14(22)29)28-15(30)10(21)9-35/h10-13,35H,1-9,20-21H2,(H2,22,29)(H,26,32)(H,27,31)(H,28,30)(H,33,34)(H4,23,24,25)/t10-,11-,12-,13-/m0/s1. The van der Waals surface area contributed by atoms with Crippen LogP contribution in [0.4, 0.5) is 0 Å². The Morgan fingerprint density at radius 2 is 1.40 bits per heavy atom. The molecule has 0 aliphatic rings. The van der Waals surface area contributed by atoms with Gasteiger partial charge in [0.2, 0.25) is 23.6 Å². The second-order valence-corrected chi connectivity index (χ2v) is 8.11. The quantitative estimate of drug-likeness (QED) is 0.0361. The average Bonchev–Trinajstić information content (AvgIpc) is 2.78. The molecule has 0 aromatic carbocycles. The van der Waals surface area contributed by atoms with Gasteiger partial charge in [0.1, 0.15) is 18.1 Å². The first-order valence-electron chi connectivity index (χ1n) is 11.0. The number of unbranched alkanes of at least 4 members (excludes halogenated alkanes) is 1. The van der Waals surface area contributed by atoms with E-state index in [1.165, 1.54) is 0 Å². The summed E-state index contributed by atoms with van der Waals surface area (Å²) >= 11 is 3.91. The first-order valence-corrected chi connectivity index (χ1v) is 11.6. The molecule has 0 fully saturated rings. The minimum atomic E-state index is -1.40. The van der Waals surface area contributed by atoms with E-state index in [1.54, 1.807) is 0 Å². The molecule has 0 radical (unpaired) electrons. The van der Waals surface area contributed by atoms with Crippen LogP contribution in [0.25, 0.3) is 0 Å². The number of amides is 4. The molecule has 0 rings (SSSR count). The zero-order valence-corrected chi connectivity index (χ0v) is 20.3. The summed E-state index contributed by atoms with van der Waals surface area (Å²) in [4.78, 5) is 60.8. The van der Waals surface area contributed by atoms with Gasteiger partial charge in [0, 0.05) is 12.3 Å². The zero-order valence-electron chi connectivity index (χ0n) is 19.4. The first kappa shape index (κ1) is 31.9. The molecule has 0 aliphatic heterocycles. The fourth-order valence-electron chi connectivity index (χ4n) is 2.86. The van der Waals surface area contributed by atoms with E-state index in [0.717, 1.165) is 0 Å². The van der Waals surface area contributed by atoms with Gasteiger partial charge >= 0.3 is 5.97 Å². The highest BCUT2D eigenvalue weighted by molar-refractivity contribution is 7.80. The average molecular weight is 520 g/mol. The highest BCUT2D eigenvalue weighted by Crippen LogP contribution is 2.06. The minimum Gasteiger partial charge on any atom is -0.480 e. The Hall–Kier alpha value is -3.11. The highest BCUT2D eigenvalue weighted by atomic mass is 32.1. The lowest BCUT2D eigenvalue weighted by molar-refractivity contribution is -0.142. The SMILES string of the molecule is N=C(N)NCCC[C@H](NC(=O)[C@H](CCCCN)NC(=O)[C@H](CC(N)=O)NC(=O)[C@@H](N)CS)C(=O)O. The topological polar surface area (TPSA) is 282 Å². The third kappa shape index (κ3) is 14.0. The van der Waals surface area contributed by atoms with E-state index >= 15 is 0 Å². The van der Waals surface area contributed by atoms with Crippen LogP contribution >= 0.6 is 12.6 Å². The van der Waals surface area contributed by atoms with E-state index in [1.807, 2.05) is 0 Å². The molecule has 35 heavy (non-hydrogen) atoms. The van der Waals surface area contributed by atoms with Crippen LogP contribution in [0.15, 0.2) is 0 Å². The fraction of sp³-hybridized carbons (Fsp3) is 0.684. The maximum Gasteiger partial charge on any atom is 0.326 e. The van der Waals surface area contributed by atoms with Crippen molar-refractivity contribution in [3.05, 3.63) is 0 Å². The molecular weight excluding hydrogens is 482 g/mol. The van der Waals surface area contributed by atoms with Crippen LogP contribution in [0.5, 0.6) is 0 Å². The smallest absolute Gasteiger partial charge is 0.326 e. The number of carboxylic acid groups (broad SMARTS) is 1. The molecule has 0 aromatic heterocycles. The van der Waals surface area contributed by atoms with Crippen LogP contribution in [0.2, 0.25) is 0 Å². The van der Waals surface area contributed by atoms with Crippen LogP contribution in [-0.2, 0) is 24.0 Å². The number of carbonyl (C=O) groups is 5. The van der Waals surface area contributed by atoms with Gasteiger partial charge in [-0.15, -0.1) is 0 Å². The summed E-state index contributed by atoms with van der Waals surface area (Å²) in [6.07, 6.45) is 0.880. The van der Waals surface area contributed by atoms with Gasteiger partial charge < -0.3 is 49.3 Å². The Kier molecular flexibility index (Phi) is 15.8. The number of hydrogen-bond donors (Lipinski definition) is 11. The first-order chi connectivity index (χ1) is 16.4. The molecule has 0 bridgehead atoms. The third-order valence-electron chi connectivity index (χ3n) is 4.75. The number of thiol groups is 1. The number of nitrogens with two attached hydrogens (primary N) is 4. The molecule has 0 unspecified atom stereocenters. The van der Waals surface area contributed by atoms with Gasteiger partial charge in [-0.1, -0.05) is 0 Å². The van der Waals surface area contributed by atoms with Crippen molar-refractivity contribution in [2.75, 3.05) is 18.8 Å². The molecule has 0 spiro atoms. The Labute approximate surface area is 208 Å². The number of carboxylic acids is 1. The molecule has 0 saturated heterocycles. The van der Waals surface area contributed by atoms with Crippen LogP contribution in [0, 0.1) is 5.41 Å². The number of nitrogens with one attached hydrogen (secondary N) is 5. The number of carbonyl (C=O) groups excluding carboxylic acids is 4. The van der Waals surface area contributed by atoms with Gasteiger partial charge in [-0.3, -0.25) is 24.6 Å². The van der Waals surface area contributed by atoms with Gasteiger partial charge in [-0.2, -0.15) is 12.6 Å². The van der Waals surface area contributed by atoms with Gasteiger partial charge in [-0.05, 0) is 38.6 Å². The maximum atomic E-state index is 12.9. The summed E-state index contributed by atoms with van der Waals surface area (Å²) < 4.78 is 0. The van der Waals surface area contributed by atoms with Crippen molar-refractivity contribution in [1.29, 1.82) is 5.41 Å². The van der Waals surface area contributed by atoms with E-state index in [4.69, 9.17) is 28.3 Å². The summed E-state index contributed by atoms with van der Waals surface area (Å²) in [7, 11) is 0. The maximum absolute atomic E-state index is 12.9. The summed E-state index contributed by atoms with van der Waals surface area (Å²) in [5.41, 5.74) is 21.4. The van der Waals surface area contributed by atoms with Crippen LogP contribution in [-0.4, -0.2) is 83.7 Å². The molecule has 0 aliphatic carbocycles. The summed E-state index contributed by atoms with van der Waals surface area (Å²) in [5, 5.41) is 26.2. The van der Waals surface area contributed by atoms with E-state index in [2.05, 4.69) is 33.9 Å². The van der Waals surface area contributed by atoms with Crippen molar-refractivity contribution in [3.8, 4) is 0 Å². The molecule has 16 heteroatoms. The Morgan fingerprint density at radius 1 is 0.857 bits per heavy atom. The number of hydrogen-bond acceptors (Lipinski definition) is 9. The Morgan fingerprint density at radius 3 is 1.91 bits per heavy atom. The predicted molar refractivity (Wildman–Crippen MR) is 131 cm³/mol. The summed E-state index contributed by atoms with van der Waals surface area (Å²) in [5.74, 6) is -4.81. The third-order valence-corrected chi connectivity index (χ3v) is 5.14.